The lowest BCUT2D eigenvalue weighted by Gasteiger charge is -2.12. The molecule has 2 aliphatic rings. The van der Waals surface area contributed by atoms with Gasteiger partial charge in [-0.05, 0) is 36.8 Å². The van der Waals surface area contributed by atoms with Gasteiger partial charge in [0.2, 0.25) is 0 Å². The molecule has 4 unspecified atom stereocenters. The van der Waals surface area contributed by atoms with Crippen LogP contribution in [0.2, 0.25) is 0 Å². The fraction of sp³-hybridized carbons (Fsp3) is 0.562. The molecule has 2 fully saturated rings. The lowest BCUT2D eigenvalue weighted by atomic mass is 10.0. The van der Waals surface area contributed by atoms with Crippen LogP contribution < -0.4 is 10.6 Å². The van der Waals surface area contributed by atoms with E-state index in [1.807, 2.05) is 7.05 Å². The van der Waals surface area contributed by atoms with Gasteiger partial charge in [-0.25, -0.2) is 0 Å². The summed E-state index contributed by atoms with van der Waals surface area (Å²) in [5, 5.41) is 7.03. The van der Waals surface area contributed by atoms with E-state index in [1.165, 1.54) is 24.0 Å². The molecule has 1 aromatic carbocycles. The van der Waals surface area contributed by atoms with Gasteiger partial charge in [-0.15, -0.1) is 0 Å². The molecule has 0 bridgehead atoms. The van der Waals surface area contributed by atoms with E-state index in [0.717, 1.165) is 11.9 Å². The van der Waals surface area contributed by atoms with Crippen molar-refractivity contribution in [1.82, 2.24) is 10.6 Å². The fourth-order valence-corrected chi connectivity index (χ4v) is 2.75. The average Bonchev–Trinajstić information content (AvgIpc) is 3.29. The highest BCUT2D eigenvalue weighted by Gasteiger charge is 2.40. The van der Waals surface area contributed by atoms with Gasteiger partial charge in [-0.2, -0.15) is 0 Å². The second kappa shape index (κ2) is 4.87. The zero-order chi connectivity index (χ0) is 13.4. The van der Waals surface area contributed by atoms with Gasteiger partial charge in [0, 0.05) is 25.0 Å². The molecule has 0 aromatic heterocycles. The van der Waals surface area contributed by atoms with Crippen LogP contribution in [0.15, 0.2) is 29.3 Å². The number of aryl methyl sites for hydroxylation is 1. The van der Waals surface area contributed by atoms with Crippen LogP contribution in [0.25, 0.3) is 0 Å². The third kappa shape index (κ3) is 2.75. The Bertz CT molecular complexity index is 495. The van der Waals surface area contributed by atoms with Crippen LogP contribution in [0.3, 0.4) is 0 Å². The smallest absolute Gasteiger partial charge is 0.191 e. The van der Waals surface area contributed by atoms with Crippen molar-refractivity contribution < 1.29 is 0 Å². The number of nitrogens with one attached hydrogen (secondary N) is 2. The molecule has 0 radical (unpaired) electrons. The molecule has 0 aliphatic heterocycles. The molecule has 19 heavy (non-hydrogen) atoms. The molecule has 3 heteroatoms. The second-order valence-electron chi connectivity index (χ2n) is 5.99. The summed E-state index contributed by atoms with van der Waals surface area (Å²) >= 11 is 0. The molecule has 4 atom stereocenters. The van der Waals surface area contributed by atoms with Crippen molar-refractivity contribution in [2.75, 3.05) is 7.05 Å². The minimum absolute atomic E-state index is 0.543. The van der Waals surface area contributed by atoms with Gasteiger partial charge in [0.1, 0.15) is 0 Å². The molecule has 3 rings (SSSR count). The Morgan fingerprint density at radius 1 is 1.16 bits per heavy atom. The molecule has 0 heterocycles. The summed E-state index contributed by atoms with van der Waals surface area (Å²) in [5.74, 6) is 2.41. The number of hydrogen-bond acceptors (Lipinski definition) is 1. The van der Waals surface area contributed by atoms with E-state index < -0.39 is 0 Å². The van der Waals surface area contributed by atoms with E-state index in [0.29, 0.717) is 18.0 Å². The first-order valence-electron chi connectivity index (χ1n) is 7.24. The lowest BCUT2D eigenvalue weighted by Crippen LogP contribution is -2.40. The van der Waals surface area contributed by atoms with Gasteiger partial charge >= 0.3 is 0 Å². The van der Waals surface area contributed by atoms with Crippen LogP contribution in [-0.2, 0) is 0 Å². The predicted octanol–water partition coefficient (Wildman–Crippen LogP) is 2.42. The molecular weight excluding hydrogens is 234 g/mol. The van der Waals surface area contributed by atoms with Crippen LogP contribution in [-0.4, -0.2) is 25.1 Å². The molecule has 3 nitrogen and oxygen atoms in total. The van der Waals surface area contributed by atoms with E-state index >= 15 is 0 Å². The molecule has 2 N–H and O–H groups in total. The lowest BCUT2D eigenvalue weighted by molar-refractivity contribution is 0.753. The van der Waals surface area contributed by atoms with E-state index in [9.17, 15) is 0 Å². The maximum absolute atomic E-state index is 4.33. The van der Waals surface area contributed by atoms with E-state index in [-0.39, 0.29) is 0 Å². The number of benzene rings is 1. The van der Waals surface area contributed by atoms with E-state index in [1.54, 1.807) is 0 Å². The quantitative estimate of drug-likeness (QED) is 0.644. The van der Waals surface area contributed by atoms with Crippen LogP contribution in [0.1, 0.15) is 36.8 Å². The van der Waals surface area contributed by atoms with Crippen LogP contribution in [0.4, 0.5) is 0 Å². The highest BCUT2D eigenvalue weighted by molar-refractivity contribution is 5.81. The van der Waals surface area contributed by atoms with Crippen molar-refractivity contribution in [3.63, 3.8) is 0 Å². The molecule has 0 spiro atoms. The summed E-state index contributed by atoms with van der Waals surface area (Å²) in [6, 6.07) is 9.86. The van der Waals surface area contributed by atoms with Gasteiger partial charge in [0.25, 0.3) is 0 Å². The zero-order valence-electron chi connectivity index (χ0n) is 12.0. The van der Waals surface area contributed by atoms with Gasteiger partial charge in [-0.1, -0.05) is 31.2 Å². The highest BCUT2D eigenvalue weighted by Crippen LogP contribution is 2.42. The number of hydrogen-bond donors (Lipinski definition) is 2. The Kier molecular flexibility index (Phi) is 3.21. The van der Waals surface area contributed by atoms with Crippen molar-refractivity contribution in [1.29, 1.82) is 0 Å². The standard InChI is InChI=1S/C16H23N3/c1-10-6-4-5-7-12(10)13-9-15(13)19-16(17-3)18-14-8-11(14)2/h4-7,11,13-15H,8-9H2,1-3H3,(H2,17,18,19). The molecule has 2 aliphatic carbocycles. The summed E-state index contributed by atoms with van der Waals surface area (Å²) in [6.45, 7) is 4.47. The molecule has 1 aromatic rings. The Morgan fingerprint density at radius 2 is 1.84 bits per heavy atom. The molecule has 2 saturated carbocycles. The summed E-state index contributed by atoms with van der Waals surface area (Å²) in [4.78, 5) is 4.33. The number of aliphatic imine (C=N–C) groups is 1. The predicted molar refractivity (Wildman–Crippen MR) is 79.5 cm³/mol. The maximum Gasteiger partial charge on any atom is 0.191 e. The van der Waals surface area contributed by atoms with Crippen molar-refractivity contribution in [3.8, 4) is 0 Å². The Morgan fingerprint density at radius 3 is 2.47 bits per heavy atom. The number of rotatable bonds is 3. The van der Waals surface area contributed by atoms with E-state index in [2.05, 4.69) is 53.7 Å². The topological polar surface area (TPSA) is 36.4 Å². The van der Waals surface area contributed by atoms with E-state index in [4.69, 9.17) is 0 Å². The third-order valence-corrected chi connectivity index (χ3v) is 4.36. The molecule has 0 saturated heterocycles. The first kappa shape index (κ1) is 12.5. The summed E-state index contributed by atoms with van der Waals surface area (Å²) in [6.07, 6.45) is 2.48. The highest BCUT2D eigenvalue weighted by atomic mass is 15.2. The summed E-state index contributed by atoms with van der Waals surface area (Å²) < 4.78 is 0. The molecule has 102 valence electrons. The minimum atomic E-state index is 0.543. The number of guanidine groups is 1. The Balaban J connectivity index is 1.56. The molecular formula is C16H23N3. The third-order valence-electron chi connectivity index (χ3n) is 4.36. The number of nitrogens with zero attached hydrogens (tertiary/aromatic N) is 1. The fourth-order valence-electron chi connectivity index (χ4n) is 2.75. The van der Waals surface area contributed by atoms with Crippen molar-refractivity contribution in [2.24, 2.45) is 10.9 Å². The summed E-state index contributed by atoms with van der Waals surface area (Å²) in [7, 11) is 1.85. The van der Waals surface area contributed by atoms with Gasteiger partial charge in [-0.3, -0.25) is 4.99 Å². The van der Waals surface area contributed by atoms with Crippen molar-refractivity contribution in [3.05, 3.63) is 35.4 Å². The van der Waals surface area contributed by atoms with Crippen LogP contribution in [0.5, 0.6) is 0 Å². The van der Waals surface area contributed by atoms with Gasteiger partial charge in [0.05, 0.1) is 0 Å². The Labute approximate surface area is 115 Å². The normalized spacial score (nSPS) is 32.9. The van der Waals surface area contributed by atoms with Crippen molar-refractivity contribution >= 4 is 5.96 Å². The van der Waals surface area contributed by atoms with Crippen molar-refractivity contribution in [2.45, 2.75) is 44.7 Å². The first-order chi connectivity index (χ1) is 9.19. The van der Waals surface area contributed by atoms with Gasteiger partial charge < -0.3 is 10.6 Å². The maximum atomic E-state index is 4.33. The first-order valence-corrected chi connectivity index (χ1v) is 7.24. The minimum Gasteiger partial charge on any atom is -0.353 e. The largest absolute Gasteiger partial charge is 0.353 e. The summed E-state index contributed by atoms with van der Waals surface area (Å²) in [5.41, 5.74) is 2.88. The molecule has 0 amide bonds. The average molecular weight is 257 g/mol. The second-order valence-corrected chi connectivity index (χ2v) is 5.99. The monoisotopic (exact) mass is 257 g/mol. The van der Waals surface area contributed by atoms with Gasteiger partial charge in [0.15, 0.2) is 5.96 Å². The van der Waals surface area contributed by atoms with Crippen LogP contribution >= 0.6 is 0 Å². The Hall–Kier alpha value is -1.51. The SMILES string of the molecule is CN=C(NC1CC1C)NC1CC1c1ccccc1C. The zero-order valence-corrected chi connectivity index (χ0v) is 12.0. The van der Waals surface area contributed by atoms with Crippen LogP contribution in [0, 0.1) is 12.8 Å².